The zero-order valence-corrected chi connectivity index (χ0v) is 13.6. The molecule has 4 heteroatoms. The normalized spacial score (nSPS) is 9.80. The molecule has 0 aromatic heterocycles. The third kappa shape index (κ3) is 4.02. The molecule has 0 unspecified atom stereocenters. The van der Waals surface area contributed by atoms with Crippen molar-refractivity contribution in [3.63, 3.8) is 0 Å². The Balaban J connectivity index is 2.16. The third-order valence-corrected chi connectivity index (χ3v) is 5.30. The van der Waals surface area contributed by atoms with Gasteiger partial charge in [-0.15, -0.1) is 0 Å². The average Bonchev–Trinajstić information content (AvgIpc) is 2.47. The number of ether oxygens (including phenoxy) is 1. The van der Waals surface area contributed by atoms with Gasteiger partial charge in [-0.25, -0.2) is 0 Å². The summed E-state index contributed by atoms with van der Waals surface area (Å²) in [5, 5.41) is 0.673. The molecule has 0 spiro atoms. The zero-order valence-electron chi connectivity index (χ0n) is 10.5. The predicted octanol–water partition coefficient (Wildman–Crippen LogP) is 2.52. The number of carbonyl (C=O) groups excluding carboxylic acids is 1. The van der Waals surface area contributed by atoms with Crippen LogP contribution in [-0.2, 0) is 0 Å². The Morgan fingerprint density at radius 1 is 1.20 bits per heavy atom. The first-order valence-corrected chi connectivity index (χ1v) is 8.54. The van der Waals surface area contributed by atoms with Crippen LogP contribution in [0.1, 0.15) is 10.4 Å². The summed E-state index contributed by atoms with van der Waals surface area (Å²) in [5.74, 6) is 2.95. The molecule has 0 saturated heterocycles. The summed E-state index contributed by atoms with van der Waals surface area (Å²) in [6.45, 7) is 0.159. The molecule has 0 aliphatic rings. The SMILES string of the molecule is C#CCOc1ccccc1C(=O)[Te]c1ccc(Cl)cc1. The first-order valence-electron chi connectivity index (χ1n) is 5.84. The molecule has 0 radical (unpaired) electrons. The van der Waals surface area contributed by atoms with Gasteiger partial charge in [0.25, 0.3) is 0 Å². The zero-order chi connectivity index (χ0) is 14.4. The van der Waals surface area contributed by atoms with Gasteiger partial charge in [0.05, 0.1) is 0 Å². The van der Waals surface area contributed by atoms with Crippen LogP contribution >= 0.6 is 11.6 Å². The first-order chi connectivity index (χ1) is 9.70. The molecule has 0 aliphatic heterocycles. The van der Waals surface area contributed by atoms with Gasteiger partial charge < -0.3 is 0 Å². The molecule has 2 rings (SSSR count). The molecule has 20 heavy (non-hydrogen) atoms. The molecule has 0 heterocycles. The Labute approximate surface area is 133 Å². The second-order valence-corrected chi connectivity index (χ2v) is 7.26. The van der Waals surface area contributed by atoms with Gasteiger partial charge in [-0.05, 0) is 0 Å². The molecule has 0 fully saturated rings. The van der Waals surface area contributed by atoms with Crippen molar-refractivity contribution in [2.75, 3.05) is 6.61 Å². The maximum atomic E-state index is 12.4. The van der Waals surface area contributed by atoms with Crippen LogP contribution in [0, 0.1) is 12.3 Å². The molecule has 2 aromatic rings. The van der Waals surface area contributed by atoms with Gasteiger partial charge in [0.2, 0.25) is 0 Å². The summed E-state index contributed by atoms with van der Waals surface area (Å²) < 4.78 is 6.56. The molecule has 0 bridgehead atoms. The van der Waals surface area contributed by atoms with Crippen molar-refractivity contribution in [1.29, 1.82) is 0 Å². The summed E-state index contributed by atoms with van der Waals surface area (Å²) >= 11 is 4.85. The van der Waals surface area contributed by atoms with E-state index in [4.69, 9.17) is 22.8 Å². The number of terminal acetylenes is 1. The second kappa shape index (κ2) is 7.36. The van der Waals surface area contributed by atoms with Crippen LogP contribution in [0.5, 0.6) is 5.75 Å². The number of hydrogen-bond donors (Lipinski definition) is 0. The Morgan fingerprint density at radius 2 is 1.90 bits per heavy atom. The molecule has 100 valence electrons. The van der Waals surface area contributed by atoms with Crippen molar-refractivity contribution >= 4 is 40.0 Å². The summed E-state index contributed by atoms with van der Waals surface area (Å²) in [6, 6.07) is 14.6. The van der Waals surface area contributed by atoms with Crippen LogP contribution in [0.4, 0.5) is 0 Å². The summed E-state index contributed by atoms with van der Waals surface area (Å²) in [7, 11) is 0. The van der Waals surface area contributed by atoms with Crippen molar-refractivity contribution in [2.45, 2.75) is 0 Å². The quantitative estimate of drug-likeness (QED) is 0.572. The monoisotopic (exact) mass is 400 g/mol. The van der Waals surface area contributed by atoms with Crippen LogP contribution < -0.4 is 8.35 Å². The number of halogens is 1. The van der Waals surface area contributed by atoms with Crippen molar-refractivity contribution in [1.82, 2.24) is 0 Å². The Hall–Kier alpha value is -1.45. The number of hydrogen-bond acceptors (Lipinski definition) is 2. The van der Waals surface area contributed by atoms with Crippen molar-refractivity contribution in [3.8, 4) is 18.1 Å². The number of para-hydroxylation sites is 1. The fourth-order valence-electron chi connectivity index (χ4n) is 1.55. The van der Waals surface area contributed by atoms with E-state index < -0.39 is 20.9 Å². The minimum atomic E-state index is -0.987. The number of benzene rings is 2. The van der Waals surface area contributed by atoms with Gasteiger partial charge in [-0.3, -0.25) is 0 Å². The summed E-state index contributed by atoms with van der Waals surface area (Å²) in [4.78, 5) is 12.4. The van der Waals surface area contributed by atoms with Gasteiger partial charge in [-0.2, -0.15) is 0 Å². The molecular formula is C16H11ClO2Te. The van der Waals surface area contributed by atoms with Crippen LogP contribution in [0.15, 0.2) is 48.5 Å². The van der Waals surface area contributed by atoms with E-state index >= 15 is 0 Å². The van der Waals surface area contributed by atoms with Crippen LogP contribution in [0.2, 0.25) is 5.02 Å². The molecule has 0 saturated carbocycles. The standard InChI is InChI=1S/C16H11ClO2Te/c1-2-11-19-15-6-4-3-5-14(15)16(18)20-13-9-7-12(17)8-10-13/h1,3-10H,11H2. The van der Waals surface area contributed by atoms with Crippen LogP contribution in [0.25, 0.3) is 0 Å². The third-order valence-electron chi connectivity index (χ3n) is 2.44. The van der Waals surface area contributed by atoms with E-state index in [0.29, 0.717) is 16.3 Å². The van der Waals surface area contributed by atoms with E-state index in [-0.39, 0.29) is 10.4 Å². The Bertz CT molecular complexity index is 644. The van der Waals surface area contributed by atoms with Gasteiger partial charge in [0.1, 0.15) is 0 Å². The van der Waals surface area contributed by atoms with Gasteiger partial charge >= 0.3 is 133 Å². The predicted molar refractivity (Wildman–Crippen MR) is 81.9 cm³/mol. The maximum absolute atomic E-state index is 12.4. The van der Waals surface area contributed by atoms with E-state index in [1.54, 1.807) is 24.3 Å². The topological polar surface area (TPSA) is 26.3 Å². The van der Waals surface area contributed by atoms with Crippen molar-refractivity contribution in [3.05, 3.63) is 59.1 Å². The fourth-order valence-corrected chi connectivity index (χ4v) is 3.85. The van der Waals surface area contributed by atoms with E-state index in [1.807, 2.05) is 24.3 Å². The molecular weight excluding hydrogens is 387 g/mol. The first kappa shape index (κ1) is 14.9. The summed E-state index contributed by atoms with van der Waals surface area (Å²) in [6.07, 6.45) is 5.18. The molecule has 2 aromatic carbocycles. The van der Waals surface area contributed by atoms with Crippen molar-refractivity contribution < 1.29 is 9.53 Å². The van der Waals surface area contributed by atoms with Crippen LogP contribution in [-0.4, -0.2) is 31.4 Å². The molecule has 0 N–H and O–H groups in total. The van der Waals surface area contributed by atoms with Gasteiger partial charge in [0, 0.05) is 0 Å². The number of rotatable bonds is 5. The molecule has 0 atom stereocenters. The van der Waals surface area contributed by atoms with Gasteiger partial charge in [0.15, 0.2) is 0 Å². The molecule has 2 nitrogen and oxygen atoms in total. The van der Waals surface area contributed by atoms with Crippen LogP contribution in [0.3, 0.4) is 0 Å². The second-order valence-electron chi connectivity index (χ2n) is 3.83. The van der Waals surface area contributed by atoms with E-state index in [2.05, 4.69) is 5.92 Å². The minimum absolute atomic E-state index is 0.116. The van der Waals surface area contributed by atoms with E-state index in [1.165, 1.54) is 0 Å². The average molecular weight is 398 g/mol. The fraction of sp³-hybridized carbons (Fsp3) is 0.0625. The Kier molecular flexibility index (Phi) is 5.50. The van der Waals surface area contributed by atoms with E-state index in [9.17, 15) is 4.79 Å². The Morgan fingerprint density at radius 3 is 2.60 bits per heavy atom. The molecule has 0 aliphatic carbocycles. The summed E-state index contributed by atoms with van der Waals surface area (Å²) in [5.41, 5.74) is 0.597. The number of carbonyl (C=O) groups is 1. The van der Waals surface area contributed by atoms with E-state index in [0.717, 1.165) is 3.61 Å². The van der Waals surface area contributed by atoms with Gasteiger partial charge in [-0.1, -0.05) is 0 Å². The molecule has 0 amide bonds. The van der Waals surface area contributed by atoms with Crippen molar-refractivity contribution in [2.24, 2.45) is 0 Å².